The molecule has 6 nitrogen and oxygen atoms in total. The van der Waals surface area contributed by atoms with Crippen molar-refractivity contribution in [3.05, 3.63) is 64.2 Å². The number of hydrogen-bond donors (Lipinski definition) is 0. The minimum atomic E-state index is -4.42. The molecule has 3 heterocycles. The lowest BCUT2D eigenvalue weighted by Gasteiger charge is -2.32. The first-order valence-electron chi connectivity index (χ1n) is 10.3. The third-order valence-electron chi connectivity index (χ3n) is 5.89. The normalized spacial score (nSPS) is 15.5. The van der Waals surface area contributed by atoms with E-state index in [1.54, 1.807) is 20.2 Å². The molecule has 3 aromatic rings. The van der Waals surface area contributed by atoms with E-state index < -0.39 is 11.7 Å². The molecule has 0 radical (unpaired) electrons. The van der Waals surface area contributed by atoms with Crippen LogP contribution in [0.1, 0.15) is 35.7 Å². The van der Waals surface area contributed by atoms with Gasteiger partial charge in [0.05, 0.1) is 11.1 Å². The summed E-state index contributed by atoms with van der Waals surface area (Å²) in [5.41, 5.74) is 0.868. The van der Waals surface area contributed by atoms with Gasteiger partial charge in [-0.05, 0) is 62.1 Å². The maximum Gasteiger partial charge on any atom is 0.416 e. The quantitative estimate of drug-likeness (QED) is 0.630. The topological polar surface area (TPSA) is 60.1 Å². The summed E-state index contributed by atoms with van der Waals surface area (Å²) in [5, 5.41) is 0. The van der Waals surface area contributed by atoms with Crippen molar-refractivity contribution in [1.29, 1.82) is 0 Å². The molecule has 9 heteroatoms. The van der Waals surface area contributed by atoms with Crippen LogP contribution >= 0.6 is 0 Å². The molecule has 1 amide bonds. The van der Waals surface area contributed by atoms with Crippen LogP contribution in [-0.4, -0.2) is 38.0 Å². The van der Waals surface area contributed by atoms with Crippen LogP contribution in [0.3, 0.4) is 0 Å². The average molecular weight is 432 g/mol. The Hall–Kier alpha value is -3.10. The Bertz CT molecular complexity index is 1140. The first-order valence-corrected chi connectivity index (χ1v) is 10.3. The second kappa shape index (κ2) is 8.20. The van der Waals surface area contributed by atoms with Crippen molar-refractivity contribution >= 4 is 17.1 Å². The SMILES string of the molecule is CCn1c(=O)n(CC2CCN(C(=O)c3ccc(C(F)(F)F)cc3)CC2)c2ncccc21. The van der Waals surface area contributed by atoms with Gasteiger partial charge in [-0.25, -0.2) is 9.78 Å². The van der Waals surface area contributed by atoms with Crippen LogP contribution < -0.4 is 5.69 Å². The molecule has 1 aromatic carbocycles. The Labute approximate surface area is 176 Å². The van der Waals surface area contributed by atoms with Gasteiger partial charge in [0.1, 0.15) is 0 Å². The Balaban J connectivity index is 1.43. The highest BCUT2D eigenvalue weighted by atomic mass is 19.4. The van der Waals surface area contributed by atoms with Gasteiger partial charge < -0.3 is 4.90 Å². The fraction of sp³-hybridized carbons (Fsp3) is 0.409. The van der Waals surface area contributed by atoms with Gasteiger partial charge in [-0.1, -0.05) is 0 Å². The largest absolute Gasteiger partial charge is 0.416 e. The molecule has 0 aliphatic carbocycles. The minimum absolute atomic E-state index is 0.0838. The lowest BCUT2D eigenvalue weighted by molar-refractivity contribution is -0.137. The molecule has 1 saturated heterocycles. The zero-order valence-electron chi connectivity index (χ0n) is 17.1. The summed E-state index contributed by atoms with van der Waals surface area (Å²) >= 11 is 0. The van der Waals surface area contributed by atoms with Gasteiger partial charge >= 0.3 is 11.9 Å². The number of benzene rings is 1. The summed E-state index contributed by atoms with van der Waals surface area (Å²) in [7, 11) is 0. The number of amides is 1. The van der Waals surface area contributed by atoms with E-state index >= 15 is 0 Å². The van der Waals surface area contributed by atoms with Crippen molar-refractivity contribution < 1.29 is 18.0 Å². The molecule has 0 atom stereocenters. The lowest BCUT2D eigenvalue weighted by atomic mass is 9.96. The number of carbonyl (C=O) groups is 1. The van der Waals surface area contributed by atoms with Gasteiger partial charge in [-0.3, -0.25) is 13.9 Å². The zero-order valence-corrected chi connectivity index (χ0v) is 17.1. The van der Waals surface area contributed by atoms with Gasteiger partial charge in [0, 0.05) is 37.9 Å². The number of imidazole rings is 1. The third kappa shape index (κ3) is 4.08. The molecule has 4 rings (SSSR count). The van der Waals surface area contributed by atoms with Crippen LogP contribution in [0.25, 0.3) is 11.2 Å². The van der Waals surface area contributed by atoms with Crippen molar-refractivity contribution in [3.63, 3.8) is 0 Å². The molecule has 1 aliphatic heterocycles. The van der Waals surface area contributed by atoms with Crippen LogP contribution in [0, 0.1) is 5.92 Å². The van der Waals surface area contributed by atoms with Gasteiger partial charge in [0.15, 0.2) is 5.65 Å². The van der Waals surface area contributed by atoms with E-state index in [0.717, 1.165) is 17.6 Å². The number of rotatable bonds is 4. The van der Waals surface area contributed by atoms with Gasteiger partial charge in [0.25, 0.3) is 5.91 Å². The van der Waals surface area contributed by atoms with Gasteiger partial charge in [-0.15, -0.1) is 0 Å². The lowest BCUT2D eigenvalue weighted by Crippen LogP contribution is -2.40. The number of likely N-dealkylation sites (tertiary alicyclic amines) is 1. The second-order valence-corrected chi connectivity index (χ2v) is 7.79. The summed E-state index contributed by atoms with van der Waals surface area (Å²) < 4.78 is 41.6. The van der Waals surface area contributed by atoms with E-state index in [0.29, 0.717) is 44.7 Å². The van der Waals surface area contributed by atoms with Crippen molar-refractivity contribution in [2.75, 3.05) is 13.1 Å². The van der Waals surface area contributed by atoms with Crippen LogP contribution in [0.15, 0.2) is 47.4 Å². The summed E-state index contributed by atoms with van der Waals surface area (Å²) in [6.07, 6.45) is -1.33. The molecule has 0 spiro atoms. The average Bonchev–Trinajstić information content (AvgIpc) is 3.04. The number of pyridine rings is 1. The number of hydrogen-bond acceptors (Lipinski definition) is 3. The van der Waals surface area contributed by atoms with Crippen molar-refractivity contribution in [3.8, 4) is 0 Å². The molecule has 0 bridgehead atoms. The maximum absolute atomic E-state index is 12.8. The highest BCUT2D eigenvalue weighted by Gasteiger charge is 2.31. The molecule has 1 aliphatic rings. The summed E-state index contributed by atoms with van der Waals surface area (Å²) in [6, 6.07) is 8.01. The molecular weight excluding hydrogens is 409 g/mol. The van der Waals surface area contributed by atoms with E-state index in [1.165, 1.54) is 12.1 Å². The highest BCUT2D eigenvalue weighted by Crippen LogP contribution is 2.29. The number of aryl methyl sites for hydroxylation is 1. The second-order valence-electron chi connectivity index (χ2n) is 7.79. The first kappa shape index (κ1) is 21.1. The monoisotopic (exact) mass is 432 g/mol. The fourth-order valence-electron chi connectivity index (χ4n) is 4.18. The molecule has 0 unspecified atom stereocenters. The molecule has 0 N–H and O–H groups in total. The fourth-order valence-corrected chi connectivity index (χ4v) is 4.18. The predicted octanol–water partition coefficient (Wildman–Crippen LogP) is 3.79. The standard InChI is InChI=1S/C22H23F3N4O2/c1-2-28-18-4-3-11-26-19(18)29(21(28)31)14-15-9-12-27(13-10-15)20(30)16-5-7-17(8-6-16)22(23,24)25/h3-8,11,15H,2,9-10,12-14H2,1H3. The Morgan fingerprint density at radius 1 is 1.10 bits per heavy atom. The number of carbonyl (C=O) groups excluding carboxylic acids is 1. The molecule has 0 saturated carbocycles. The van der Waals surface area contributed by atoms with Crippen LogP contribution in [0.4, 0.5) is 13.2 Å². The van der Waals surface area contributed by atoms with E-state index in [4.69, 9.17) is 0 Å². The van der Waals surface area contributed by atoms with E-state index in [2.05, 4.69) is 4.98 Å². The van der Waals surface area contributed by atoms with Gasteiger partial charge in [-0.2, -0.15) is 13.2 Å². The number of fused-ring (bicyclic) bond motifs is 1. The zero-order chi connectivity index (χ0) is 22.2. The van der Waals surface area contributed by atoms with Crippen LogP contribution in [0.5, 0.6) is 0 Å². The Morgan fingerprint density at radius 2 is 1.77 bits per heavy atom. The van der Waals surface area contributed by atoms with E-state index in [1.807, 2.05) is 19.1 Å². The van der Waals surface area contributed by atoms with E-state index in [-0.39, 0.29) is 23.1 Å². The van der Waals surface area contributed by atoms with Crippen molar-refractivity contribution in [2.45, 2.75) is 39.0 Å². The molecule has 164 valence electrons. The number of aromatic nitrogens is 3. The van der Waals surface area contributed by atoms with Crippen molar-refractivity contribution in [2.24, 2.45) is 5.92 Å². The number of piperidine rings is 1. The van der Waals surface area contributed by atoms with E-state index in [9.17, 15) is 22.8 Å². The third-order valence-corrected chi connectivity index (χ3v) is 5.89. The summed E-state index contributed by atoms with van der Waals surface area (Å²) in [6.45, 7) is 4.01. The smallest absolute Gasteiger partial charge is 0.339 e. The van der Waals surface area contributed by atoms with Crippen LogP contribution in [-0.2, 0) is 19.3 Å². The summed E-state index contributed by atoms with van der Waals surface area (Å²) in [4.78, 5) is 31.5. The molecule has 1 fully saturated rings. The predicted molar refractivity (Wildman–Crippen MR) is 110 cm³/mol. The first-order chi connectivity index (χ1) is 14.8. The molecule has 31 heavy (non-hydrogen) atoms. The number of nitrogens with zero attached hydrogens (tertiary/aromatic N) is 4. The molecule has 2 aromatic heterocycles. The molecular formula is C22H23F3N4O2. The summed E-state index contributed by atoms with van der Waals surface area (Å²) in [5.74, 6) is -0.0548. The highest BCUT2D eigenvalue weighted by molar-refractivity contribution is 5.94. The van der Waals surface area contributed by atoms with Crippen molar-refractivity contribution in [1.82, 2.24) is 19.0 Å². The number of halogens is 3. The minimum Gasteiger partial charge on any atom is -0.339 e. The van der Waals surface area contributed by atoms with Gasteiger partial charge in [0.2, 0.25) is 0 Å². The maximum atomic E-state index is 12.8. The number of alkyl halides is 3. The van der Waals surface area contributed by atoms with Crippen LogP contribution in [0.2, 0.25) is 0 Å². The Kier molecular flexibility index (Phi) is 5.60. The Morgan fingerprint density at radius 3 is 2.39 bits per heavy atom.